The topological polar surface area (TPSA) is 87.7 Å². The van der Waals surface area contributed by atoms with Gasteiger partial charge in [-0.05, 0) is 52.9 Å². The number of carboxylic acid groups (broad SMARTS) is 1. The zero-order valence-corrected chi connectivity index (χ0v) is 13.4. The minimum absolute atomic E-state index is 0.118. The first kappa shape index (κ1) is 17.8. The van der Waals surface area contributed by atoms with Crippen molar-refractivity contribution in [2.45, 2.75) is 71.1 Å². The molecule has 0 aromatic rings. The summed E-state index contributed by atoms with van der Waals surface area (Å²) in [5, 5.41) is 14.9. The molecule has 0 radical (unpaired) electrons. The summed E-state index contributed by atoms with van der Waals surface area (Å²) >= 11 is 0. The molecule has 6 heteroatoms. The molecule has 1 rings (SSSR count). The average molecular weight is 300 g/mol. The summed E-state index contributed by atoms with van der Waals surface area (Å²) in [6.45, 7) is 7.98. The highest BCUT2D eigenvalue weighted by atomic mass is 16.6. The number of carbonyl (C=O) groups excluding carboxylic acids is 1. The van der Waals surface area contributed by atoms with Gasteiger partial charge in [0.2, 0.25) is 0 Å². The largest absolute Gasteiger partial charge is 0.481 e. The summed E-state index contributed by atoms with van der Waals surface area (Å²) in [6.07, 6.45) is 2.64. The van der Waals surface area contributed by atoms with Crippen LogP contribution in [0, 0.1) is 5.92 Å². The van der Waals surface area contributed by atoms with Crippen molar-refractivity contribution < 1.29 is 19.4 Å². The summed E-state index contributed by atoms with van der Waals surface area (Å²) in [4.78, 5) is 22.3. The third kappa shape index (κ3) is 8.55. The van der Waals surface area contributed by atoms with E-state index in [0.717, 1.165) is 12.8 Å². The number of alkyl carbamates (subject to hydrolysis) is 1. The van der Waals surface area contributed by atoms with Crippen LogP contribution in [0.5, 0.6) is 0 Å². The summed E-state index contributed by atoms with van der Waals surface area (Å²) in [5.41, 5.74) is -0.499. The molecule has 2 atom stereocenters. The molecule has 0 spiro atoms. The van der Waals surface area contributed by atoms with E-state index in [0.29, 0.717) is 18.9 Å². The van der Waals surface area contributed by atoms with E-state index in [9.17, 15) is 9.59 Å². The fourth-order valence-corrected chi connectivity index (χ4v) is 2.16. The number of aliphatic carboxylic acids is 1. The molecule has 1 aliphatic rings. The molecule has 6 nitrogen and oxygen atoms in total. The highest BCUT2D eigenvalue weighted by Gasteiger charge is 2.32. The Morgan fingerprint density at radius 2 is 1.95 bits per heavy atom. The van der Waals surface area contributed by atoms with E-state index >= 15 is 0 Å². The Bertz CT molecular complexity index is 361. The third-order valence-corrected chi connectivity index (χ3v) is 3.35. The van der Waals surface area contributed by atoms with Gasteiger partial charge in [-0.3, -0.25) is 4.79 Å². The Balaban J connectivity index is 2.33. The van der Waals surface area contributed by atoms with Gasteiger partial charge >= 0.3 is 12.1 Å². The van der Waals surface area contributed by atoms with Crippen LogP contribution in [0.4, 0.5) is 4.79 Å². The normalized spacial score (nSPS) is 17.9. The van der Waals surface area contributed by atoms with Gasteiger partial charge in [-0.1, -0.05) is 0 Å². The number of nitrogens with one attached hydrogen (secondary N) is 2. The molecule has 1 aliphatic carbocycles. The van der Waals surface area contributed by atoms with Crippen molar-refractivity contribution in [3.05, 3.63) is 0 Å². The van der Waals surface area contributed by atoms with E-state index in [-0.39, 0.29) is 18.5 Å². The molecule has 0 aliphatic heterocycles. The van der Waals surface area contributed by atoms with Crippen LogP contribution < -0.4 is 10.6 Å². The Labute approximate surface area is 126 Å². The maximum absolute atomic E-state index is 11.7. The van der Waals surface area contributed by atoms with Crippen LogP contribution >= 0.6 is 0 Å². The number of carboxylic acids is 1. The van der Waals surface area contributed by atoms with Crippen LogP contribution in [-0.2, 0) is 9.53 Å². The Hall–Kier alpha value is -1.30. The molecule has 1 amide bonds. The van der Waals surface area contributed by atoms with Gasteiger partial charge in [-0.25, -0.2) is 4.79 Å². The fourth-order valence-electron chi connectivity index (χ4n) is 2.16. The molecule has 1 fully saturated rings. The molecule has 2 unspecified atom stereocenters. The van der Waals surface area contributed by atoms with Crippen molar-refractivity contribution in [2.24, 2.45) is 5.92 Å². The molecule has 3 N–H and O–H groups in total. The zero-order chi connectivity index (χ0) is 16.0. The number of carbonyl (C=O) groups is 2. The smallest absolute Gasteiger partial charge is 0.407 e. The highest BCUT2D eigenvalue weighted by Crippen LogP contribution is 2.32. The number of rotatable bonds is 8. The predicted molar refractivity (Wildman–Crippen MR) is 80.2 cm³/mol. The van der Waals surface area contributed by atoms with E-state index in [2.05, 4.69) is 10.6 Å². The van der Waals surface area contributed by atoms with Gasteiger partial charge in [0.1, 0.15) is 5.60 Å². The van der Waals surface area contributed by atoms with Crippen LogP contribution in [0.3, 0.4) is 0 Å². The van der Waals surface area contributed by atoms with Crippen molar-refractivity contribution in [3.8, 4) is 0 Å². The first-order valence-corrected chi connectivity index (χ1v) is 7.62. The number of hydrogen-bond acceptors (Lipinski definition) is 4. The van der Waals surface area contributed by atoms with Gasteiger partial charge in [0.15, 0.2) is 0 Å². The van der Waals surface area contributed by atoms with Crippen molar-refractivity contribution in [1.29, 1.82) is 0 Å². The number of ether oxygens (including phenoxy) is 1. The quantitative estimate of drug-likeness (QED) is 0.639. The van der Waals surface area contributed by atoms with Crippen molar-refractivity contribution in [2.75, 3.05) is 6.54 Å². The van der Waals surface area contributed by atoms with E-state index < -0.39 is 17.7 Å². The lowest BCUT2D eigenvalue weighted by molar-refractivity contribution is -0.137. The lowest BCUT2D eigenvalue weighted by atomic mass is 10.1. The van der Waals surface area contributed by atoms with Crippen molar-refractivity contribution in [1.82, 2.24) is 10.6 Å². The maximum Gasteiger partial charge on any atom is 0.407 e. The molecule has 122 valence electrons. The maximum atomic E-state index is 11.7. The van der Waals surface area contributed by atoms with Gasteiger partial charge < -0.3 is 20.5 Å². The monoisotopic (exact) mass is 300 g/mol. The lowest BCUT2D eigenvalue weighted by Crippen LogP contribution is -2.47. The SMILES string of the molecule is CC(CCC(=O)O)NC(CNC(=O)OC(C)(C)C)C1CC1. The van der Waals surface area contributed by atoms with E-state index in [4.69, 9.17) is 9.84 Å². The van der Waals surface area contributed by atoms with Crippen LogP contribution in [0.25, 0.3) is 0 Å². The van der Waals surface area contributed by atoms with Crippen LogP contribution in [0.1, 0.15) is 53.4 Å². The molecule has 0 saturated heterocycles. The summed E-state index contributed by atoms with van der Waals surface area (Å²) < 4.78 is 5.22. The minimum atomic E-state index is -0.779. The molecular formula is C15H28N2O4. The van der Waals surface area contributed by atoms with Crippen LogP contribution in [-0.4, -0.2) is 41.4 Å². The summed E-state index contributed by atoms with van der Waals surface area (Å²) in [5.74, 6) is -0.217. The van der Waals surface area contributed by atoms with Crippen molar-refractivity contribution >= 4 is 12.1 Å². The second kappa shape index (κ2) is 7.64. The summed E-state index contributed by atoms with van der Waals surface area (Å²) in [7, 11) is 0. The lowest BCUT2D eigenvalue weighted by Gasteiger charge is -2.25. The Morgan fingerprint density at radius 1 is 1.33 bits per heavy atom. The third-order valence-electron chi connectivity index (χ3n) is 3.35. The Morgan fingerprint density at radius 3 is 2.43 bits per heavy atom. The average Bonchev–Trinajstić information content (AvgIpc) is 3.13. The molecule has 0 aromatic heterocycles. The molecule has 0 bridgehead atoms. The zero-order valence-electron chi connectivity index (χ0n) is 13.4. The molecule has 1 saturated carbocycles. The van der Waals surface area contributed by atoms with E-state index in [1.807, 2.05) is 27.7 Å². The second-order valence-electron chi connectivity index (χ2n) is 6.83. The number of amides is 1. The fraction of sp³-hybridized carbons (Fsp3) is 0.867. The standard InChI is InChI=1S/C15H28N2O4/c1-10(5-8-13(18)19)17-12(11-6-7-11)9-16-14(20)21-15(2,3)4/h10-12,17H,5-9H2,1-4H3,(H,16,20)(H,18,19). The first-order chi connectivity index (χ1) is 9.67. The molecule has 0 aromatic carbocycles. The van der Waals surface area contributed by atoms with Gasteiger partial charge in [-0.15, -0.1) is 0 Å². The highest BCUT2D eigenvalue weighted by molar-refractivity contribution is 5.67. The predicted octanol–water partition coefficient (Wildman–Crippen LogP) is 2.13. The Kier molecular flexibility index (Phi) is 6.45. The van der Waals surface area contributed by atoms with Gasteiger partial charge in [0.25, 0.3) is 0 Å². The van der Waals surface area contributed by atoms with Gasteiger partial charge in [0.05, 0.1) is 0 Å². The van der Waals surface area contributed by atoms with E-state index in [1.54, 1.807) is 0 Å². The van der Waals surface area contributed by atoms with Crippen LogP contribution in [0.2, 0.25) is 0 Å². The molecular weight excluding hydrogens is 272 g/mol. The molecule has 0 heterocycles. The minimum Gasteiger partial charge on any atom is -0.481 e. The first-order valence-electron chi connectivity index (χ1n) is 7.62. The van der Waals surface area contributed by atoms with Crippen molar-refractivity contribution in [3.63, 3.8) is 0 Å². The summed E-state index contributed by atoms with van der Waals surface area (Å²) in [6, 6.07) is 0.299. The second-order valence-corrected chi connectivity index (χ2v) is 6.83. The van der Waals surface area contributed by atoms with Gasteiger partial charge in [-0.2, -0.15) is 0 Å². The van der Waals surface area contributed by atoms with Crippen LogP contribution in [0.15, 0.2) is 0 Å². The number of hydrogen-bond donors (Lipinski definition) is 3. The van der Waals surface area contributed by atoms with E-state index in [1.165, 1.54) is 0 Å². The van der Waals surface area contributed by atoms with Gasteiger partial charge in [0, 0.05) is 25.0 Å². The molecule has 21 heavy (non-hydrogen) atoms.